The standard InChI is InChI=1S/C18H19NO4/c20-17(16-6-3-9-22-16)19-14-12-18(7-10-21-11-8-18)23-15-5-2-1-4-13(14)15/h1-6,9,14H,7-8,10-12H2,(H,19,20)/t14-/m0/s1. The average molecular weight is 313 g/mol. The van der Waals surface area contributed by atoms with E-state index in [9.17, 15) is 4.79 Å². The highest BCUT2D eigenvalue weighted by Crippen LogP contribution is 2.43. The molecule has 120 valence electrons. The predicted molar refractivity (Wildman–Crippen MR) is 83.4 cm³/mol. The number of hydrogen-bond acceptors (Lipinski definition) is 4. The van der Waals surface area contributed by atoms with E-state index in [0.717, 1.165) is 30.6 Å². The molecule has 1 fully saturated rings. The van der Waals surface area contributed by atoms with Crippen molar-refractivity contribution in [1.29, 1.82) is 0 Å². The van der Waals surface area contributed by atoms with Crippen molar-refractivity contribution < 1.29 is 18.7 Å². The lowest BCUT2D eigenvalue weighted by molar-refractivity contribution is -0.0639. The van der Waals surface area contributed by atoms with Crippen LogP contribution in [0.25, 0.3) is 0 Å². The van der Waals surface area contributed by atoms with E-state index in [-0.39, 0.29) is 17.6 Å². The molecule has 5 heteroatoms. The Morgan fingerprint density at radius 3 is 2.74 bits per heavy atom. The highest BCUT2D eigenvalue weighted by molar-refractivity contribution is 5.91. The summed E-state index contributed by atoms with van der Waals surface area (Å²) >= 11 is 0. The fourth-order valence-electron chi connectivity index (χ4n) is 3.43. The number of hydrogen-bond donors (Lipinski definition) is 1. The minimum atomic E-state index is -0.256. The van der Waals surface area contributed by atoms with Gasteiger partial charge in [-0.05, 0) is 18.2 Å². The van der Waals surface area contributed by atoms with Crippen molar-refractivity contribution in [3.63, 3.8) is 0 Å². The lowest BCUT2D eigenvalue weighted by Crippen LogP contribution is -2.48. The maximum absolute atomic E-state index is 12.4. The van der Waals surface area contributed by atoms with Crippen LogP contribution in [0.3, 0.4) is 0 Å². The van der Waals surface area contributed by atoms with Gasteiger partial charge < -0.3 is 19.2 Å². The highest BCUT2D eigenvalue weighted by atomic mass is 16.5. The van der Waals surface area contributed by atoms with Gasteiger partial charge in [0.25, 0.3) is 5.91 Å². The second-order valence-corrected chi connectivity index (χ2v) is 6.14. The number of carbonyl (C=O) groups excluding carboxylic acids is 1. The van der Waals surface area contributed by atoms with Crippen LogP contribution in [0, 0.1) is 0 Å². The smallest absolute Gasteiger partial charge is 0.287 e. The molecule has 1 aromatic heterocycles. The van der Waals surface area contributed by atoms with E-state index >= 15 is 0 Å². The largest absolute Gasteiger partial charge is 0.487 e. The fourth-order valence-corrected chi connectivity index (χ4v) is 3.43. The highest BCUT2D eigenvalue weighted by Gasteiger charge is 2.42. The summed E-state index contributed by atoms with van der Waals surface area (Å²) in [5, 5.41) is 3.10. The van der Waals surface area contributed by atoms with Crippen LogP contribution in [0.2, 0.25) is 0 Å². The number of benzene rings is 1. The van der Waals surface area contributed by atoms with Crippen molar-refractivity contribution in [2.45, 2.75) is 30.9 Å². The molecular weight excluding hydrogens is 294 g/mol. The van der Waals surface area contributed by atoms with Crippen LogP contribution in [0.1, 0.15) is 41.4 Å². The zero-order valence-corrected chi connectivity index (χ0v) is 12.8. The summed E-state index contributed by atoms with van der Waals surface area (Å²) in [5.41, 5.74) is 0.762. The maximum Gasteiger partial charge on any atom is 0.287 e. The second kappa shape index (κ2) is 5.74. The molecule has 0 radical (unpaired) electrons. The molecule has 2 aliphatic heterocycles. The molecule has 4 rings (SSSR count). The molecule has 0 bridgehead atoms. The molecule has 1 aromatic carbocycles. The predicted octanol–water partition coefficient (Wildman–Crippen LogP) is 3.08. The first-order valence-electron chi connectivity index (χ1n) is 7.96. The Bertz CT molecular complexity index is 689. The van der Waals surface area contributed by atoms with Crippen LogP contribution >= 0.6 is 0 Å². The molecular formula is C18H19NO4. The third-order valence-electron chi connectivity index (χ3n) is 4.65. The van der Waals surface area contributed by atoms with Gasteiger partial charge in [-0.3, -0.25) is 4.79 Å². The number of ether oxygens (including phenoxy) is 2. The van der Waals surface area contributed by atoms with Gasteiger partial charge in [-0.25, -0.2) is 0 Å². The third kappa shape index (κ3) is 2.72. The lowest BCUT2D eigenvalue weighted by atomic mass is 9.82. The molecule has 2 aromatic rings. The Balaban J connectivity index is 1.63. The summed E-state index contributed by atoms with van der Waals surface area (Å²) in [4.78, 5) is 12.4. The fraction of sp³-hybridized carbons (Fsp3) is 0.389. The summed E-state index contributed by atoms with van der Waals surface area (Å²) in [5.74, 6) is 0.985. The van der Waals surface area contributed by atoms with E-state index in [4.69, 9.17) is 13.9 Å². The number of rotatable bonds is 2. The van der Waals surface area contributed by atoms with Crippen molar-refractivity contribution in [3.05, 3.63) is 54.0 Å². The molecule has 3 heterocycles. The van der Waals surface area contributed by atoms with Gasteiger partial charge in [-0.2, -0.15) is 0 Å². The SMILES string of the molecule is O=C(N[C@H]1CC2(CCOCC2)Oc2ccccc21)c1ccco1. The number of furan rings is 1. The van der Waals surface area contributed by atoms with Crippen molar-refractivity contribution in [3.8, 4) is 5.75 Å². The Morgan fingerprint density at radius 1 is 1.13 bits per heavy atom. The molecule has 23 heavy (non-hydrogen) atoms. The zero-order valence-electron chi connectivity index (χ0n) is 12.8. The summed E-state index contributed by atoms with van der Waals surface area (Å²) in [7, 11) is 0. The number of carbonyl (C=O) groups is 1. The van der Waals surface area contributed by atoms with Crippen LogP contribution in [0.15, 0.2) is 47.1 Å². The normalized spacial score (nSPS) is 22.2. The van der Waals surface area contributed by atoms with E-state index in [1.165, 1.54) is 6.26 Å². The van der Waals surface area contributed by atoms with E-state index < -0.39 is 0 Å². The van der Waals surface area contributed by atoms with E-state index in [0.29, 0.717) is 19.0 Å². The van der Waals surface area contributed by atoms with Crippen molar-refractivity contribution >= 4 is 5.91 Å². The topological polar surface area (TPSA) is 60.7 Å². The van der Waals surface area contributed by atoms with Gasteiger partial charge in [0, 0.05) is 24.8 Å². The van der Waals surface area contributed by atoms with Crippen molar-refractivity contribution in [2.24, 2.45) is 0 Å². The Labute approximate surface area is 134 Å². The van der Waals surface area contributed by atoms with Crippen molar-refractivity contribution in [1.82, 2.24) is 5.32 Å². The third-order valence-corrected chi connectivity index (χ3v) is 4.65. The number of fused-ring (bicyclic) bond motifs is 1. The van der Waals surface area contributed by atoms with Gasteiger partial charge in [0.15, 0.2) is 5.76 Å². The molecule has 0 saturated carbocycles. The molecule has 0 unspecified atom stereocenters. The van der Waals surface area contributed by atoms with E-state index in [1.54, 1.807) is 12.1 Å². The zero-order chi connectivity index (χ0) is 15.7. The quantitative estimate of drug-likeness (QED) is 0.925. The Kier molecular flexibility index (Phi) is 3.58. The molecule has 0 aliphatic carbocycles. The monoisotopic (exact) mass is 313 g/mol. The number of amides is 1. The van der Waals surface area contributed by atoms with Gasteiger partial charge in [-0.1, -0.05) is 18.2 Å². The Morgan fingerprint density at radius 2 is 1.96 bits per heavy atom. The molecule has 5 nitrogen and oxygen atoms in total. The first-order valence-corrected chi connectivity index (χ1v) is 7.96. The van der Waals surface area contributed by atoms with Gasteiger partial charge in [0.05, 0.1) is 25.5 Å². The molecule has 2 aliphatic rings. The maximum atomic E-state index is 12.4. The molecule has 1 N–H and O–H groups in total. The molecule has 1 spiro atoms. The first-order chi connectivity index (χ1) is 11.3. The minimum absolute atomic E-state index is 0.0874. The van der Waals surface area contributed by atoms with E-state index in [1.807, 2.05) is 24.3 Å². The van der Waals surface area contributed by atoms with Gasteiger partial charge in [0.2, 0.25) is 0 Å². The van der Waals surface area contributed by atoms with Gasteiger partial charge >= 0.3 is 0 Å². The summed E-state index contributed by atoms with van der Waals surface area (Å²) < 4.78 is 17.0. The molecule has 1 atom stereocenters. The van der Waals surface area contributed by atoms with E-state index in [2.05, 4.69) is 5.32 Å². The number of para-hydroxylation sites is 1. The first kappa shape index (κ1) is 14.3. The average Bonchev–Trinajstić information content (AvgIpc) is 3.10. The summed E-state index contributed by atoms with van der Waals surface area (Å²) in [6.45, 7) is 1.39. The van der Waals surface area contributed by atoms with Crippen LogP contribution < -0.4 is 10.1 Å². The lowest BCUT2D eigenvalue weighted by Gasteiger charge is -2.44. The summed E-state index contributed by atoms with van der Waals surface area (Å²) in [6.07, 6.45) is 3.94. The second-order valence-electron chi connectivity index (χ2n) is 6.14. The van der Waals surface area contributed by atoms with Crippen LogP contribution in [0.4, 0.5) is 0 Å². The molecule has 1 saturated heterocycles. The van der Waals surface area contributed by atoms with Gasteiger partial charge in [-0.15, -0.1) is 0 Å². The van der Waals surface area contributed by atoms with Crippen LogP contribution in [0.5, 0.6) is 5.75 Å². The Hall–Kier alpha value is -2.27. The summed E-state index contributed by atoms with van der Waals surface area (Å²) in [6, 6.07) is 11.2. The van der Waals surface area contributed by atoms with Crippen LogP contribution in [-0.2, 0) is 4.74 Å². The minimum Gasteiger partial charge on any atom is -0.487 e. The van der Waals surface area contributed by atoms with Crippen molar-refractivity contribution in [2.75, 3.05) is 13.2 Å². The van der Waals surface area contributed by atoms with Gasteiger partial charge in [0.1, 0.15) is 11.4 Å². The molecule has 1 amide bonds. The number of nitrogens with one attached hydrogen (secondary N) is 1. The van der Waals surface area contributed by atoms with Crippen LogP contribution in [-0.4, -0.2) is 24.7 Å².